The summed E-state index contributed by atoms with van der Waals surface area (Å²) >= 11 is 6.27. The number of Topliss-reactive ketones (excluding diaryl/α,β-unsaturated/α-hetero) is 1. The third kappa shape index (κ3) is 2.99. The fourth-order valence-electron chi connectivity index (χ4n) is 2.81. The Hall–Kier alpha value is -0.900. The first-order valence-corrected chi connectivity index (χ1v) is 6.89. The minimum absolute atomic E-state index is 0.0972. The number of ketones is 1. The predicted octanol–water partition coefficient (Wildman–Crippen LogP) is 2.73. The van der Waals surface area contributed by atoms with Gasteiger partial charge in [-0.3, -0.25) is 9.69 Å². The summed E-state index contributed by atoms with van der Waals surface area (Å²) in [5.41, 5.74) is 1.12. The summed E-state index contributed by atoms with van der Waals surface area (Å²) in [5, 5.41) is 0.772. The van der Waals surface area contributed by atoms with Gasteiger partial charge in [0.15, 0.2) is 5.78 Å². The van der Waals surface area contributed by atoms with E-state index in [1.807, 2.05) is 43.3 Å². The molecule has 3 unspecified atom stereocenters. The fraction of sp³-hybridized carbons (Fsp3) is 0.533. The number of methoxy groups -OCH3 is 1. The van der Waals surface area contributed by atoms with E-state index in [4.69, 9.17) is 16.3 Å². The molecule has 1 aliphatic rings. The van der Waals surface area contributed by atoms with Gasteiger partial charge in [-0.15, -0.1) is 0 Å². The third-order valence-corrected chi connectivity index (χ3v) is 4.25. The molecule has 104 valence electrons. The topological polar surface area (TPSA) is 29.5 Å². The summed E-state index contributed by atoms with van der Waals surface area (Å²) < 4.78 is 5.36. The molecular weight excluding hydrogens is 262 g/mol. The maximum absolute atomic E-state index is 12.3. The van der Waals surface area contributed by atoms with Gasteiger partial charge in [-0.05, 0) is 44.5 Å². The molecule has 1 aromatic carbocycles. The van der Waals surface area contributed by atoms with Gasteiger partial charge in [0, 0.05) is 12.1 Å². The average Bonchev–Trinajstić information content (AvgIpc) is 2.39. The van der Waals surface area contributed by atoms with Crippen LogP contribution in [0.5, 0.6) is 0 Å². The van der Waals surface area contributed by atoms with Crippen LogP contribution >= 0.6 is 11.6 Å². The van der Waals surface area contributed by atoms with Crippen molar-refractivity contribution in [3.63, 3.8) is 0 Å². The van der Waals surface area contributed by atoms with Gasteiger partial charge in [0.25, 0.3) is 0 Å². The van der Waals surface area contributed by atoms with Crippen molar-refractivity contribution < 1.29 is 9.53 Å². The molecule has 2 rings (SSSR count). The lowest BCUT2D eigenvalue weighted by molar-refractivity contribution is -0.137. The molecule has 0 aromatic heterocycles. The molecule has 0 bridgehead atoms. The summed E-state index contributed by atoms with van der Waals surface area (Å²) in [5.74, 6) is 0.444. The smallest absolute Gasteiger partial charge is 0.178 e. The second-order valence-corrected chi connectivity index (χ2v) is 5.70. The van der Waals surface area contributed by atoms with Crippen LogP contribution in [0.4, 0.5) is 0 Å². The number of hydrogen-bond acceptors (Lipinski definition) is 3. The molecule has 4 heteroatoms. The van der Waals surface area contributed by atoms with Gasteiger partial charge in [-0.2, -0.15) is 0 Å². The van der Waals surface area contributed by atoms with Gasteiger partial charge < -0.3 is 4.74 Å². The number of ether oxygens (including phenoxy) is 1. The zero-order valence-electron chi connectivity index (χ0n) is 11.6. The largest absolute Gasteiger partial charge is 0.374 e. The molecule has 0 spiro atoms. The zero-order valence-corrected chi connectivity index (χ0v) is 12.4. The maximum atomic E-state index is 12.3. The van der Waals surface area contributed by atoms with E-state index in [0.717, 1.165) is 17.0 Å². The van der Waals surface area contributed by atoms with Crippen LogP contribution in [0.1, 0.15) is 24.3 Å². The molecule has 0 N–H and O–H groups in total. The van der Waals surface area contributed by atoms with Crippen molar-refractivity contribution in [3.8, 4) is 0 Å². The van der Waals surface area contributed by atoms with Crippen LogP contribution in [0.15, 0.2) is 24.3 Å². The first-order chi connectivity index (χ1) is 9.04. The predicted molar refractivity (Wildman–Crippen MR) is 76.7 cm³/mol. The van der Waals surface area contributed by atoms with E-state index in [0.29, 0.717) is 6.42 Å². The van der Waals surface area contributed by atoms with E-state index in [1.54, 1.807) is 7.11 Å². The van der Waals surface area contributed by atoms with Crippen LogP contribution in [-0.4, -0.2) is 44.0 Å². The molecular formula is C15H20ClNO2. The Morgan fingerprint density at radius 2 is 1.95 bits per heavy atom. The molecule has 1 fully saturated rings. The van der Waals surface area contributed by atoms with Crippen molar-refractivity contribution in [2.75, 3.05) is 21.2 Å². The average molecular weight is 282 g/mol. The quantitative estimate of drug-likeness (QED) is 0.853. The molecule has 0 aliphatic heterocycles. The number of likely N-dealkylation sites (N-methyl/N-ethyl adjacent to an activating group) is 1. The van der Waals surface area contributed by atoms with Crippen molar-refractivity contribution in [3.05, 3.63) is 34.9 Å². The highest BCUT2D eigenvalue weighted by atomic mass is 35.5. The van der Waals surface area contributed by atoms with E-state index in [1.165, 1.54) is 0 Å². The number of carbonyl (C=O) groups excluding carboxylic acids is 1. The Kier molecular flexibility index (Phi) is 4.61. The van der Waals surface area contributed by atoms with Crippen molar-refractivity contribution >= 4 is 17.4 Å². The number of carbonyl (C=O) groups is 1. The van der Waals surface area contributed by atoms with Crippen molar-refractivity contribution in [2.45, 2.75) is 30.9 Å². The lowest BCUT2D eigenvalue weighted by atomic mass is 9.78. The standard InChI is InChI=1S/C15H20ClNO2/c1-17(2)13-8-10(9-14(19-3)15(13)18)11-6-4-5-7-12(11)16/h4-7,10,13-14H,8-9H2,1-3H3. The molecule has 1 saturated carbocycles. The molecule has 0 saturated heterocycles. The first-order valence-electron chi connectivity index (χ1n) is 6.52. The summed E-state index contributed by atoms with van der Waals surface area (Å²) in [7, 11) is 5.47. The highest BCUT2D eigenvalue weighted by Crippen LogP contribution is 2.37. The van der Waals surface area contributed by atoms with Crippen LogP contribution < -0.4 is 0 Å². The van der Waals surface area contributed by atoms with Crippen molar-refractivity contribution in [2.24, 2.45) is 0 Å². The molecule has 0 amide bonds. The van der Waals surface area contributed by atoms with E-state index in [-0.39, 0.29) is 23.8 Å². The Balaban J connectivity index is 2.28. The van der Waals surface area contributed by atoms with Crippen molar-refractivity contribution in [1.82, 2.24) is 4.90 Å². The second-order valence-electron chi connectivity index (χ2n) is 5.30. The normalized spacial score (nSPS) is 27.8. The van der Waals surface area contributed by atoms with Crippen LogP contribution in [0.25, 0.3) is 0 Å². The third-order valence-electron chi connectivity index (χ3n) is 3.91. The Morgan fingerprint density at radius 3 is 2.53 bits per heavy atom. The van der Waals surface area contributed by atoms with Crippen LogP contribution in [0, 0.1) is 0 Å². The zero-order chi connectivity index (χ0) is 14.0. The Bertz CT molecular complexity index is 461. The van der Waals surface area contributed by atoms with Gasteiger partial charge >= 0.3 is 0 Å². The van der Waals surface area contributed by atoms with Crippen LogP contribution in [0.2, 0.25) is 5.02 Å². The van der Waals surface area contributed by atoms with Gasteiger partial charge in [-0.1, -0.05) is 29.8 Å². The summed E-state index contributed by atoms with van der Waals surface area (Å²) in [4.78, 5) is 14.2. The van der Waals surface area contributed by atoms with Crippen molar-refractivity contribution in [1.29, 1.82) is 0 Å². The summed E-state index contributed by atoms with van der Waals surface area (Å²) in [6.07, 6.45) is 1.18. The van der Waals surface area contributed by atoms with E-state index in [2.05, 4.69) is 0 Å². The van der Waals surface area contributed by atoms with Crippen LogP contribution in [-0.2, 0) is 9.53 Å². The fourth-order valence-corrected chi connectivity index (χ4v) is 3.10. The number of nitrogens with zero attached hydrogens (tertiary/aromatic N) is 1. The lowest BCUT2D eigenvalue weighted by Crippen LogP contribution is -2.47. The molecule has 3 atom stereocenters. The molecule has 1 aromatic rings. The molecule has 3 nitrogen and oxygen atoms in total. The molecule has 0 radical (unpaired) electrons. The summed E-state index contributed by atoms with van der Waals surface area (Å²) in [6, 6.07) is 7.77. The number of benzene rings is 1. The number of rotatable bonds is 3. The lowest BCUT2D eigenvalue weighted by Gasteiger charge is -2.36. The number of halogens is 1. The van der Waals surface area contributed by atoms with Gasteiger partial charge in [-0.25, -0.2) is 0 Å². The molecule has 0 heterocycles. The Morgan fingerprint density at radius 1 is 1.26 bits per heavy atom. The van der Waals surface area contributed by atoms with E-state index >= 15 is 0 Å². The first kappa shape index (κ1) is 14.5. The van der Waals surface area contributed by atoms with Gasteiger partial charge in [0.2, 0.25) is 0 Å². The van der Waals surface area contributed by atoms with Gasteiger partial charge in [0.05, 0.1) is 6.04 Å². The highest BCUT2D eigenvalue weighted by Gasteiger charge is 2.38. The summed E-state index contributed by atoms with van der Waals surface area (Å²) in [6.45, 7) is 0. The minimum Gasteiger partial charge on any atom is -0.374 e. The monoisotopic (exact) mass is 281 g/mol. The Labute approximate surface area is 119 Å². The molecule has 1 aliphatic carbocycles. The van der Waals surface area contributed by atoms with E-state index in [9.17, 15) is 4.79 Å². The second kappa shape index (κ2) is 6.04. The van der Waals surface area contributed by atoms with Gasteiger partial charge in [0.1, 0.15) is 6.10 Å². The number of hydrogen-bond donors (Lipinski definition) is 0. The van der Waals surface area contributed by atoms with Crippen LogP contribution in [0.3, 0.4) is 0 Å². The van der Waals surface area contributed by atoms with E-state index < -0.39 is 0 Å². The maximum Gasteiger partial charge on any atom is 0.178 e. The molecule has 19 heavy (non-hydrogen) atoms. The highest BCUT2D eigenvalue weighted by molar-refractivity contribution is 6.31. The minimum atomic E-state index is -0.331. The SMILES string of the molecule is COC1CC(c2ccccc2Cl)CC(N(C)C)C1=O.